The first-order chi connectivity index (χ1) is 15.5. The van der Waals surface area contributed by atoms with Gasteiger partial charge in [0.25, 0.3) is 5.91 Å². The number of aromatic nitrogens is 2. The van der Waals surface area contributed by atoms with Crippen molar-refractivity contribution < 1.29 is 17.9 Å². The van der Waals surface area contributed by atoms with Crippen molar-refractivity contribution in [3.05, 3.63) is 53.9 Å². The van der Waals surface area contributed by atoms with Gasteiger partial charge in [0.15, 0.2) is 0 Å². The van der Waals surface area contributed by atoms with Gasteiger partial charge in [0.1, 0.15) is 5.82 Å². The van der Waals surface area contributed by atoms with Crippen LogP contribution in [0.2, 0.25) is 0 Å². The Hall–Kier alpha value is -2.95. The van der Waals surface area contributed by atoms with E-state index in [0.717, 1.165) is 49.7 Å². The lowest BCUT2D eigenvalue weighted by Crippen LogP contribution is -2.35. The highest BCUT2D eigenvalue weighted by Gasteiger charge is 2.28. The van der Waals surface area contributed by atoms with Crippen molar-refractivity contribution in [3.63, 3.8) is 0 Å². The number of nitrogens with one attached hydrogen (secondary N) is 2. The van der Waals surface area contributed by atoms with Gasteiger partial charge < -0.3 is 15.0 Å². The molecule has 2 saturated heterocycles. The number of imidazole rings is 1. The number of hydrogen-bond acceptors (Lipinski definition) is 6. The first-order valence-corrected chi connectivity index (χ1v) is 12.3. The zero-order valence-electron chi connectivity index (χ0n) is 17.6. The summed E-state index contributed by atoms with van der Waals surface area (Å²) < 4.78 is 31.1. The number of nitrogens with zero attached hydrogens (tertiary/aromatic N) is 3. The van der Waals surface area contributed by atoms with Gasteiger partial charge in [0, 0.05) is 30.9 Å². The molecular formula is C22H25N5O4S. The molecule has 0 saturated carbocycles. The van der Waals surface area contributed by atoms with Crippen LogP contribution in [0.1, 0.15) is 22.6 Å². The topological polar surface area (TPSA) is 108 Å². The molecule has 2 aromatic carbocycles. The molecule has 32 heavy (non-hydrogen) atoms. The highest BCUT2D eigenvalue weighted by Crippen LogP contribution is 2.25. The lowest BCUT2D eigenvalue weighted by atomic mass is 10.1. The molecule has 168 valence electrons. The molecule has 0 bridgehead atoms. The molecule has 0 atom stereocenters. The van der Waals surface area contributed by atoms with Crippen molar-refractivity contribution in [1.29, 1.82) is 0 Å². The Morgan fingerprint density at radius 2 is 1.97 bits per heavy atom. The Morgan fingerprint density at radius 3 is 2.75 bits per heavy atom. The largest absolute Gasteiger partial charge is 0.379 e. The van der Waals surface area contributed by atoms with Gasteiger partial charge in [-0.15, -0.1) is 0 Å². The number of carbonyl (C=O) groups excluding carboxylic acids is 1. The summed E-state index contributed by atoms with van der Waals surface area (Å²) in [6.07, 6.45) is 0.594. The van der Waals surface area contributed by atoms with E-state index >= 15 is 0 Å². The van der Waals surface area contributed by atoms with Crippen LogP contribution in [0.4, 0.5) is 11.4 Å². The Kier molecular flexibility index (Phi) is 5.58. The lowest BCUT2D eigenvalue weighted by Gasteiger charge is -2.25. The number of anilines is 2. The molecule has 0 radical (unpaired) electrons. The third kappa shape index (κ3) is 4.34. The molecule has 2 fully saturated rings. The summed E-state index contributed by atoms with van der Waals surface area (Å²) in [5, 5.41) is 2.90. The maximum Gasteiger partial charge on any atom is 0.255 e. The van der Waals surface area contributed by atoms with E-state index in [2.05, 4.69) is 20.2 Å². The van der Waals surface area contributed by atoms with Gasteiger partial charge in [-0.3, -0.25) is 14.0 Å². The molecule has 0 spiro atoms. The number of amides is 1. The molecule has 5 rings (SSSR count). The van der Waals surface area contributed by atoms with E-state index in [1.165, 1.54) is 4.31 Å². The molecule has 1 aromatic heterocycles. The summed E-state index contributed by atoms with van der Waals surface area (Å²) in [5.74, 6) is 0.724. The van der Waals surface area contributed by atoms with Crippen molar-refractivity contribution in [3.8, 4) is 0 Å². The van der Waals surface area contributed by atoms with Gasteiger partial charge in [-0.2, -0.15) is 0 Å². The molecule has 3 heterocycles. The SMILES string of the molecule is O=C(Nc1ccc2nc(CN3CCOCC3)[nH]c2c1)c1cccc(N2CCCS2(=O)=O)c1. The van der Waals surface area contributed by atoms with Crippen molar-refractivity contribution in [2.24, 2.45) is 0 Å². The molecule has 0 unspecified atom stereocenters. The summed E-state index contributed by atoms with van der Waals surface area (Å²) >= 11 is 0. The number of benzene rings is 2. The third-order valence-electron chi connectivity index (χ3n) is 5.76. The minimum atomic E-state index is -3.29. The molecule has 0 aliphatic carbocycles. The Morgan fingerprint density at radius 1 is 1.12 bits per heavy atom. The third-order valence-corrected chi connectivity index (χ3v) is 7.63. The molecule has 1 amide bonds. The highest BCUT2D eigenvalue weighted by atomic mass is 32.2. The number of hydrogen-bond donors (Lipinski definition) is 2. The number of sulfonamides is 1. The van der Waals surface area contributed by atoms with Crippen molar-refractivity contribution in [2.45, 2.75) is 13.0 Å². The summed E-state index contributed by atoms with van der Waals surface area (Å²) in [6.45, 7) is 4.41. The van der Waals surface area contributed by atoms with E-state index in [1.54, 1.807) is 24.3 Å². The zero-order valence-corrected chi connectivity index (χ0v) is 18.4. The summed E-state index contributed by atoms with van der Waals surface area (Å²) in [7, 11) is -3.29. The standard InChI is InChI=1S/C22H25N5O4S/c28-22(16-3-1-4-18(13-16)27-7-2-12-32(27,29)30)23-17-5-6-19-20(14-17)25-21(24-19)15-26-8-10-31-11-9-26/h1,3-6,13-14H,2,7-12,15H2,(H,23,28)(H,24,25). The van der Waals surface area contributed by atoms with Gasteiger partial charge in [-0.25, -0.2) is 13.4 Å². The van der Waals surface area contributed by atoms with Crippen molar-refractivity contribution in [2.75, 3.05) is 48.2 Å². The molecule has 9 nitrogen and oxygen atoms in total. The highest BCUT2D eigenvalue weighted by molar-refractivity contribution is 7.93. The molecule has 2 N–H and O–H groups in total. The number of fused-ring (bicyclic) bond motifs is 1. The second kappa shape index (κ2) is 8.53. The van der Waals surface area contributed by atoms with E-state index in [9.17, 15) is 13.2 Å². The van der Waals surface area contributed by atoms with E-state index < -0.39 is 10.0 Å². The first-order valence-electron chi connectivity index (χ1n) is 10.7. The fraction of sp³-hybridized carbons (Fsp3) is 0.364. The predicted octanol–water partition coefficient (Wildman–Crippen LogP) is 2.19. The zero-order chi connectivity index (χ0) is 22.1. The second-order valence-corrected chi connectivity index (χ2v) is 10.1. The van der Waals surface area contributed by atoms with Crippen LogP contribution in [-0.4, -0.2) is 67.8 Å². The van der Waals surface area contributed by atoms with Crippen LogP contribution < -0.4 is 9.62 Å². The minimum Gasteiger partial charge on any atom is -0.379 e. The summed E-state index contributed by atoms with van der Waals surface area (Å²) in [4.78, 5) is 23.1. The van der Waals surface area contributed by atoms with Crippen molar-refractivity contribution >= 4 is 38.3 Å². The summed E-state index contributed by atoms with van der Waals surface area (Å²) in [5.41, 5.74) is 3.26. The monoisotopic (exact) mass is 455 g/mol. The number of ether oxygens (including phenoxy) is 1. The molecule has 10 heteroatoms. The molecular weight excluding hydrogens is 430 g/mol. The van der Waals surface area contributed by atoms with E-state index in [4.69, 9.17) is 4.74 Å². The van der Waals surface area contributed by atoms with Crippen LogP contribution in [0.15, 0.2) is 42.5 Å². The van der Waals surface area contributed by atoms with E-state index in [-0.39, 0.29) is 11.7 Å². The predicted molar refractivity (Wildman–Crippen MR) is 122 cm³/mol. The average Bonchev–Trinajstić information content (AvgIpc) is 3.35. The second-order valence-electron chi connectivity index (χ2n) is 8.05. The van der Waals surface area contributed by atoms with Crippen LogP contribution in [0, 0.1) is 0 Å². The van der Waals surface area contributed by atoms with Gasteiger partial charge in [0.2, 0.25) is 10.0 Å². The number of carbonyl (C=O) groups is 1. The van der Waals surface area contributed by atoms with Gasteiger partial charge in [0.05, 0.1) is 42.2 Å². The molecule has 3 aromatic rings. The van der Waals surface area contributed by atoms with Crippen LogP contribution in [0.25, 0.3) is 11.0 Å². The van der Waals surface area contributed by atoms with Crippen LogP contribution in [-0.2, 0) is 21.3 Å². The number of H-pyrrole nitrogens is 1. The van der Waals surface area contributed by atoms with Crippen LogP contribution >= 0.6 is 0 Å². The molecule has 2 aliphatic heterocycles. The van der Waals surface area contributed by atoms with Gasteiger partial charge in [-0.05, 0) is 42.8 Å². The van der Waals surface area contributed by atoms with E-state index in [0.29, 0.717) is 29.9 Å². The minimum absolute atomic E-state index is 0.140. The Balaban J connectivity index is 1.31. The quantitative estimate of drug-likeness (QED) is 0.611. The Bertz CT molecular complexity index is 1250. The van der Waals surface area contributed by atoms with E-state index in [1.807, 2.05) is 18.2 Å². The van der Waals surface area contributed by atoms with Crippen molar-refractivity contribution in [1.82, 2.24) is 14.9 Å². The molecule has 2 aliphatic rings. The Labute approximate surface area is 186 Å². The fourth-order valence-corrected chi connectivity index (χ4v) is 5.68. The van der Waals surface area contributed by atoms with Gasteiger partial charge in [-0.1, -0.05) is 6.07 Å². The number of aromatic amines is 1. The smallest absolute Gasteiger partial charge is 0.255 e. The fourth-order valence-electron chi connectivity index (χ4n) is 4.12. The lowest BCUT2D eigenvalue weighted by molar-refractivity contribution is 0.0332. The number of rotatable bonds is 5. The first kappa shape index (κ1) is 20.9. The maximum absolute atomic E-state index is 12.8. The maximum atomic E-state index is 12.8. The van der Waals surface area contributed by atoms with Crippen LogP contribution in [0.5, 0.6) is 0 Å². The summed E-state index contributed by atoms with van der Waals surface area (Å²) in [6, 6.07) is 12.3. The van der Waals surface area contributed by atoms with Gasteiger partial charge >= 0.3 is 0 Å². The number of morpholine rings is 1. The average molecular weight is 456 g/mol. The normalized spacial score (nSPS) is 18.8. The van der Waals surface area contributed by atoms with Crippen LogP contribution in [0.3, 0.4) is 0 Å².